The molecule has 170 valence electrons. The molecule has 3 N–H and O–H groups in total. The maximum atomic E-state index is 12.5. The molecule has 1 atom stereocenters. The van der Waals surface area contributed by atoms with Crippen molar-refractivity contribution in [1.29, 1.82) is 0 Å². The molecule has 31 heavy (non-hydrogen) atoms. The molecular formula is C19H25BNO9S-. The predicted molar refractivity (Wildman–Crippen MR) is 110 cm³/mol. The van der Waals surface area contributed by atoms with Gasteiger partial charge in [0.25, 0.3) is 0 Å². The van der Waals surface area contributed by atoms with Crippen LogP contribution in [0.5, 0.6) is 11.5 Å². The molecule has 0 bridgehead atoms. The van der Waals surface area contributed by atoms with Crippen molar-refractivity contribution in [3.63, 3.8) is 0 Å². The lowest BCUT2D eigenvalue weighted by atomic mass is 9.70. The fourth-order valence-electron chi connectivity index (χ4n) is 4.30. The van der Waals surface area contributed by atoms with Crippen molar-refractivity contribution in [3.8, 4) is 11.5 Å². The number of carbonyl (C=O) groups excluding carboxylic acids is 1. The lowest BCUT2D eigenvalue weighted by Gasteiger charge is -2.41. The second-order valence-corrected chi connectivity index (χ2v) is 10.9. The molecule has 3 aliphatic rings. The maximum Gasteiger partial charge on any atom is 0.430 e. The molecule has 2 saturated heterocycles. The van der Waals surface area contributed by atoms with Crippen molar-refractivity contribution >= 4 is 28.5 Å². The largest absolute Gasteiger partial charge is 0.669 e. The summed E-state index contributed by atoms with van der Waals surface area (Å²) in [5, 5.41) is 28.6. The maximum absolute atomic E-state index is 12.5. The van der Waals surface area contributed by atoms with E-state index in [0.29, 0.717) is 18.4 Å². The van der Waals surface area contributed by atoms with E-state index in [1.807, 2.05) is 0 Å². The number of aryl methyl sites for hydroxylation is 1. The predicted octanol–water partition coefficient (Wildman–Crippen LogP) is 0.190. The van der Waals surface area contributed by atoms with Gasteiger partial charge in [0.1, 0.15) is 17.4 Å². The van der Waals surface area contributed by atoms with Crippen LogP contribution in [0, 0.1) is 0 Å². The zero-order chi connectivity index (χ0) is 22.4. The van der Waals surface area contributed by atoms with Crippen LogP contribution in [0.1, 0.15) is 41.6 Å². The van der Waals surface area contributed by atoms with Gasteiger partial charge in [-0.25, -0.2) is 13.2 Å². The fourth-order valence-corrected chi connectivity index (χ4v) is 6.16. The molecule has 0 radical (unpaired) electrons. The van der Waals surface area contributed by atoms with Crippen LogP contribution >= 0.6 is 0 Å². The van der Waals surface area contributed by atoms with Gasteiger partial charge in [-0.3, -0.25) is 4.79 Å². The number of likely N-dealkylation sites (tertiary alicyclic amines) is 1. The minimum absolute atomic E-state index is 0.0201. The highest BCUT2D eigenvalue weighted by Gasteiger charge is 2.38. The van der Waals surface area contributed by atoms with Crippen molar-refractivity contribution in [3.05, 3.63) is 23.3 Å². The van der Waals surface area contributed by atoms with Gasteiger partial charge in [0.15, 0.2) is 9.84 Å². The molecule has 1 aromatic carbocycles. The van der Waals surface area contributed by atoms with Gasteiger partial charge >= 0.3 is 12.7 Å². The topological polar surface area (TPSA) is 151 Å². The van der Waals surface area contributed by atoms with Crippen molar-refractivity contribution in [1.82, 2.24) is 4.90 Å². The number of sulfone groups is 1. The van der Waals surface area contributed by atoms with E-state index in [0.717, 1.165) is 6.42 Å². The SMILES string of the molecule is O=C(O)c1c(OC2CN(C(=O)CC3CCCCS3(=O)=O)C2)ccc2c1O[B-](O)(O)CC2. The Morgan fingerprint density at radius 2 is 1.97 bits per heavy atom. The van der Waals surface area contributed by atoms with E-state index in [9.17, 15) is 33.2 Å². The quantitative estimate of drug-likeness (QED) is 0.530. The van der Waals surface area contributed by atoms with Gasteiger partial charge in [-0.2, -0.15) is 0 Å². The third-order valence-electron chi connectivity index (χ3n) is 6.12. The Balaban J connectivity index is 1.40. The third-order valence-corrected chi connectivity index (χ3v) is 8.40. The van der Waals surface area contributed by atoms with Crippen LogP contribution in [0.4, 0.5) is 0 Å². The van der Waals surface area contributed by atoms with E-state index in [-0.39, 0.29) is 61.0 Å². The van der Waals surface area contributed by atoms with Gasteiger partial charge in [0.2, 0.25) is 5.91 Å². The van der Waals surface area contributed by atoms with Gasteiger partial charge in [0.05, 0.1) is 29.8 Å². The first-order chi connectivity index (χ1) is 14.6. The molecule has 1 unspecified atom stereocenters. The molecule has 1 aromatic rings. The Hall–Kier alpha value is -2.31. The molecule has 0 saturated carbocycles. The first kappa shape index (κ1) is 21.9. The highest BCUT2D eigenvalue weighted by atomic mass is 32.2. The fraction of sp³-hybridized carbons (Fsp3) is 0.579. The normalized spacial score (nSPS) is 24.5. The molecule has 12 heteroatoms. The first-order valence-corrected chi connectivity index (χ1v) is 12.1. The van der Waals surface area contributed by atoms with Crippen molar-refractivity contribution < 1.29 is 42.6 Å². The number of hydrogen-bond donors (Lipinski definition) is 3. The van der Waals surface area contributed by atoms with Crippen LogP contribution < -0.4 is 9.39 Å². The Morgan fingerprint density at radius 1 is 1.23 bits per heavy atom. The van der Waals surface area contributed by atoms with Gasteiger partial charge in [-0.15, -0.1) is 0 Å². The summed E-state index contributed by atoms with van der Waals surface area (Å²) in [6.45, 7) is -2.69. The summed E-state index contributed by atoms with van der Waals surface area (Å²) < 4.78 is 35.1. The second-order valence-electron chi connectivity index (χ2n) is 8.47. The van der Waals surface area contributed by atoms with Gasteiger partial charge in [-0.05, 0) is 30.9 Å². The van der Waals surface area contributed by atoms with Gasteiger partial charge < -0.3 is 29.4 Å². The van der Waals surface area contributed by atoms with Crippen LogP contribution in [0.25, 0.3) is 0 Å². The van der Waals surface area contributed by atoms with Crippen molar-refractivity contribution in [2.24, 2.45) is 0 Å². The number of aromatic carboxylic acids is 1. The zero-order valence-electron chi connectivity index (χ0n) is 16.9. The van der Waals surface area contributed by atoms with E-state index in [1.54, 1.807) is 6.07 Å². The summed E-state index contributed by atoms with van der Waals surface area (Å²) in [7, 11) is -3.23. The standard InChI is InChI=1S/C19H25BNO9S/c22-16(9-14-3-1-2-8-31(14,27)28)21-10-13(11-21)29-15-5-4-12-6-7-20(25,26)30-18(12)17(15)19(23)24/h4-5,13-14,25-26H,1-3,6-11H2,(H,23,24)/q-1. The molecule has 2 fully saturated rings. The summed E-state index contributed by atoms with van der Waals surface area (Å²) in [4.78, 5) is 25.8. The molecule has 10 nitrogen and oxygen atoms in total. The number of ether oxygens (including phenoxy) is 1. The zero-order valence-corrected chi connectivity index (χ0v) is 17.7. The molecule has 3 heterocycles. The summed E-state index contributed by atoms with van der Waals surface area (Å²) in [6, 6.07) is 3.12. The van der Waals surface area contributed by atoms with E-state index in [2.05, 4.69) is 0 Å². The Bertz CT molecular complexity index is 1000. The van der Waals surface area contributed by atoms with Crippen LogP contribution in [-0.2, 0) is 21.1 Å². The van der Waals surface area contributed by atoms with Gasteiger partial charge in [-0.1, -0.05) is 18.8 Å². The van der Waals surface area contributed by atoms with E-state index < -0.39 is 33.9 Å². The molecule has 1 amide bonds. The monoisotopic (exact) mass is 454 g/mol. The molecule has 3 aliphatic heterocycles. The highest BCUT2D eigenvalue weighted by molar-refractivity contribution is 7.92. The average molecular weight is 454 g/mol. The van der Waals surface area contributed by atoms with Gasteiger partial charge in [0, 0.05) is 6.42 Å². The molecule has 0 aliphatic carbocycles. The molecule has 4 rings (SSSR count). The Labute approximate surface area is 179 Å². The Morgan fingerprint density at radius 3 is 2.65 bits per heavy atom. The number of carbonyl (C=O) groups is 2. The molecular weight excluding hydrogens is 429 g/mol. The summed E-state index contributed by atoms with van der Waals surface area (Å²) in [5.41, 5.74) is 0.258. The van der Waals surface area contributed by atoms with Crippen molar-refractivity contribution in [2.75, 3.05) is 18.8 Å². The van der Waals surface area contributed by atoms with E-state index in [4.69, 9.17) is 9.39 Å². The first-order valence-electron chi connectivity index (χ1n) is 10.4. The minimum Gasteiger partial charge on any atom is -0.669 e. The second kappa shape index (κ2) is 7.99. The van der Waals surface area contributed by atoms with E-state index in [1.165, 1.54) is 11.0 Å². The minimum atomic E-state index is -3.23. The van der Waals surface area contributed by atoms with Crippen LogP contribution in [0.15, 0.2) is 12.1 Å². The lowest BCUT2D eigenvalue weighted by Crippen LogP contribution is -2.57. The number of carboxylic acids is 1. The van der Waals surface area contributed by atoms with Crippen LogP contribution in [-0.4, -0.2) is 77.3 Å². The number of fused-ring (bicyclic) bond motifs is 1. The summed E-state index contributed by atoms with van der Waals surface area (Å²) in [5.74, 6) is -1.55. The van der Waals surface area contributed by atoms with Crippen molar-refractivity contribution in [2.45, 2.75) is 49.8 Å². The number of benzene rings is 1. The summed E-state index contributed by atoms with van der Waals surface area (Å²) >= 11 is 0. The highest BCUT2D eigenvalue weighted by Crippen LogP contribution is 2.39. The number of carboxylic acid groups (broad SMARTS) is 1. The van der Waals surface area contributed by atoms with Crippen LogP contribution in [0.3, 0.4) is 0 Å². The summed E-state index contributed by atoms with van der Waals surface area (Å²) in [6.07, 6.45) is 1.67. The average Bonchev–Trinajstić information content (AvgIpc) is 2.64. The number of rotatable bonds is 5. The third kappa shape index (κ3) is 4.51. The Kier molecular flexibility index (Phi) is 5.65. The number of nitrogens with zero attached hydrogens (tertiary/aromatic N) is 1. The molecule has 0 spiro atoms. The van der Waals surface area contributed by atoms with Crippen LogP contribution in [0.2, 0.25) is 6.32 Å². The lowest BCUT2D eigenvalue weighted by molar-refractivity contribution is -0.140. The van der Waals surface area contributed by atoms with E-state index >= 15 is 0 Å². The smallest absolute Gasteiger partial charge is 0.430 e. The number of hydrogen-bond acceptors (Lipinski definition) is 8. The number of amides is 1. The molecule has 0 aromatic heterocycles.